The molecule has 3 N–H and O–H groups in total. The Hall–Kier alpha value is -0.820. The van der Waals surface area contributed by atoms with E-state index in [-0.39, 0.29) is 17.1 Å². The zero-order valence-corrected chi connectivity index (χ0v) is 12.4. The third kappa shape index (κ3) is 5.36. The van der Waals surface area contributed by atoms with Crippen LogP contribution in [0.2, 0.25) is 5.02 Å². The second-order valence-electron chi connectivity index (χ2n) is 4.05. The van der Waals surface area contributed by atoms with Gasteiger partial charge in [0.1, 0.15) is 4.90 Å². The van der Waals surface area contributed by atoms with Crippen LogP contribution in [0.25, 0.3) is 0 Å². The first-order valence-electron chi connectivity index (χ1n) is 6.10. The first kappa shape index (κ1) is 16.2. The fraction of sp³-hybridized carbons (Fsp3) is 0.500. The van der Waals surface area contributed by atoms with Gasteiger partial charge in [-0.05, 0) is 24.6 Å². The summed E-state index contributed by atoms with van der Waals surface area (Å²) in [7, 11) is -3.65. The molecule has 0 aliphatic carbocycles. The fourth-order valence-electron chi connectivity index (χ4n) is 1.42. The minimum atomic E-state index is -3.65. The van der Waals surface area contributed by atoms with Crippen molar-refractivity contribution < 1.29 is 13.2 Å². The van der Waals surface area contributed by atoms with Gasteiger partial charge in [0.25, 0.3) is 0 Å². The largest absolute Gasteiger partial charge is 0.398 e. The molecule has 0 aliphatic heterocycles. The molecule has 0 radical (unpaired) electrons. The highest BCUT2D eigenvalue weighted by atomic mass is 35.5. The number of benzene rings is 1. The molecular formula is C12H19ClN2O3S. The Labute approximate surface area is 119 Å². The number of halogens is 1. The molecule has 0 unspecified atom stereocenters. The summed E-state index contributed by atoms with van der Waals surface area (Å²) in [4.78, 5) is -0.00596. The van der Waals surface area contributed by atoms with Crippen molar-refractivity contribution in [2.24, 2.45) is 0 Å². The number of nitrogen functional groups attached to an aromatic ring is 1. The molecule has 0 amide bonds. The molecule has 1 aromatic carbocycles. The molecule has 1 aromatic rings. The molecule has 19 heavy (non-hydrogen) atoms. The smallest absolute Gasteiger partial charge is 0.242 e. The maximum absolute atomic E-state index is 12.0. The summed E-state index contributed by atoms with van der Waals surface area (Å²) in [5.41, 5.74) is 5.81. The molecule has 0 spiro atoms. The van der Waals surface area contributed by atoms with Gasteiger partial charge in [0.15, 0.2) is 0 Å². The standard InChI is InChI=1S/C12H19ClN2O3S/c1-2-3-7-18-8-6-15-19(16,17)12-9-10(13)4-5-11(12)14/h4-5,9,15H,2-3,6-8,14H2,1H3. The normalized spacial score (nSPS) is 11.7. The first-order chi connectivity index (χ1) is 8.97. The summed E-state index contributed by atoms with van der Waals surface area (Å²) in [5.74, 6) is 0. The molecule has 0 saturated carbocycles. The zero-order valence-electron chi connectivity index (χ0n) is 10.9. The number of hydrogen-bond acceptors (Lipinski definition) is 4. The molecule has 0 heterocycles. The third-order valence-electron chi connectivity index (χ3n) is 2.45. The van der Waals surface area contributed by atoms with Crippen LogP contribution >= 0.6 is 11.6 Å². The molecule has 0 atom stereocenters. The van der Waals surface area contributed by atoms with Gasteiger partial charge in [-0.15, -0.1) is 0 Å². The van der Waals surface area contributed by atoms with Gasteiger partial charge >= 0.3 is 0 Å². The maximum atomic E-state index is 12.0. The predicted octanol–water partition coefficient (Wildman–Crippen LogP) is 2.02. The topological polar surface area (TPSA) is 81.4 Å². The second-order valence-corrected chi connectivity index (χ2v) is 6.22. The van der Waals surface area contributed by atoms with Gasteiger partial charge in [-0.25, -0.2) is 13.1 Å². The van der Waals surface area contributed by atoms with Gasteiger partial charge in [-0.3, -0.25) is 0 Å². The average molecular weight is 307 g/mol. The van der Waals surface area contributed by atoms with E-state index in [1.807, 2.05) is 0 Å². The lowest BCUT2D eigenvalue weighted by atomic mass is 10.3. The lowest BCUT2D eigenvalue weighted by Crippen LogP contribution is -2.28. The summed E-state index contributed by atoms with van der Waals surface area (Å²) in [6, 6.07) is 4.34. The van der Waals surface area contributed by atoms with E-state index in [9.17, 15) is 8.42 Å². The van der Waals surface area contributed by atoms with Crippen molar-refractivity contribution in [2.75, 3.05) is 25.5 Å². The summed E-state index contributed by atoms with van der Waals surface area (Å²) >= 11 is 5.77. The SMILES string of the molecule is CCCCOCCNS(=O)(=O)c1cc(Cl)ccc1N. The zero-order chi connectivity index (χ0) is 14.3. The summed E-state index contributed by atoms with van der Waals surface area (Å²) in [6.45, 7) is 3.24. The van der Waals surface area contributed by atoms with E-state index in [1.165, 1.54) is 12.1 Å². The van der Waals surface area contributed by atoms with Crippen molar-refractivity contribution >= 4 is 27.3 Å². The number of nitrogens with one attached hydrogen (secondary N) is 1. The van der Waals surface area contributed by atoms with E-state index >= 15 is 0 Å². The molecule has 108 valence electrons. The van der Waals surface area contributed by atoms with Gasteiger partial charge in [-0.2, -0.15) is 0 Å². The van der Waals surface area contributed by atoms with Gasteiger partial charge < -0.3 is 10.5 Å². The molecule has 0 fully saturated rings. The number of ether oxygens (including phenoxy) is 1. The number of hydrogen-bond donors (Lipinski definition) is 2. The fourth-order valence-corrected chi connectivity index (χ4v) is 2.82. The molecule has 1 rings (SSSR count). The molecule has 0 bridgehead atoms. The molecule has 0 saturated heterocycles. The van der Waals surface area contributed by atoms with Gasteiger partial charge in [0.2, 0.25) is 10.0 Å². The quantitative estimate of drug-likeness (QED) is 0.568. The minimum absolute atomic E-state index is 0.00596. The van der Waals surface area contributed by atoms with Crippen LogP contribution in [0, 0.1) is 0 Å². The van der Waals surface area contributed by atoms with E-state index in [0.717, 1.165) is 12.8 Å². The molecule has 5 nitrogen and oxygen atoms in total. The van der Waals surface area contributed by atoms with E-state index < -0.39 is 10.0 Å². The highest BCUT2D eigenvalue weighted by molar-refractivity contribution is 7.89. The number of anilines is 1. The van der Waals surface area contributed by atoms with Gasteiger partial charge in [0.05, 0.1) is 12.3 Å². The van der Waals surface area contributed by atoms with Gasteiger partial charge in [-0.1, -0.05) is 24.9 Å². The number of rotatable bonds is 8. The van der Waals surface area contributed by atoms with Crippen LogP contribution in [0.5, 0.6) is 0 Å². The molecule has 0 aliphatic rings. The van der Waals surface area contributed by atoms with Crippen molar-refractivity contribution in [3.8, 4) is 0 Å². The van der Waals surface area contributed by atoms with Crippen LogP contribution in [0.15, 0.2) is 23.1 Å². The number of unbranched alkanes of at least 4 members (excludes halogenated alkanes) is 1. The van der Waals surface area contributed by atoms with Crippen LogP contribution in [0.3, 0.4) is 0 Å². The molecule has 7 heteroatoms. The second kappa shape index (κ2) is 7.69. The van der Waals surface area contributed by atoms with Gasteiger partial charge in [0, 0.05) is 18.2 Å². The van der Waals surface area contributed by atoms with Crippen LogP contribution in [0.4, 0.5) is 5.69 Å². The van der Waals surface area contributed by atoms with Crippen LogP contribution in [0.1, 0.15) is 19.8 Å². The average Bonchev–Trinajstić information content (AvgIpc) is 2.36. The van der Waals surface area contributed by atoms with Crippen LogP contribution in [-0.4, -0.2) is 28.2 Å². The lowest BCUT2D eigenvalue weighted by molar-refractivity contribution is 0.136. The highest BCUT2D eigenvalue weighted by Gasteiger charge is 2.17. The van der Waals surface area contributed by atoms with Crippen molar-refractivity contribution in [1.29, 1.82) is 0 Å². The van der Waals surface area contributed by atoms with Crippen molar-refractivity contribution in [3.05, 3.63) is 23.2 Å². The number of nitrogens with two attached hydrogens (primary N) is 1. The summed E-state index contributed by atoms with van der Waals surface area (Å²) < 4.78 is 31.7. The van der Waals surface area contributed by atoms with E-state index in [4.69, 9.17) is 22.1 Å². The minimum Gasteiger partial charge on any atom is -0.398 e. The van der Waals surface area contributed by atoms with E-state index in [2.05, 4.69) is 11.6 Å². The Morgan fingerprint density at radius 1 is 1.37 bits per heavy atom. The van der Waals surface area contributed by atoms with Crippen molar-refractivity contribution in [3.63, 3.8) is 0 Å². The lowest BCUT2D eigenvalue weighted by Gasteiger charge is -2.09. The van der Waals surface area contributed by atoms with Crippen LogP contribution in [-0.2, 0) is 14.8 Å². The Kier molecular flexibility index (Phi) is 6.57. The first-order valence-corrected chi connectivity index (χ1v) is 7.96. The highest BCUT2D eigenvalue weighted by Crippen LogP contribution is 2.22. The Morgan fingerprint density at radius 2 is 2.11 bits per heavy atom. The molecular weight excluding hydrogens is 288 g/mol. The van der Waals surface area contributed by atoms with E-state index in [1.54, 1.807) is 6.07 Å². The third-order valence-corrected chi connectivity index (χ3v) is 4.20. The van der Waals surface area contributed by atoms with Crippen molar-refractivity contribution in [2.45, 2.75) is 24.7 Å². The van der Waals surface area contributed by atoms with Crippen molar-refractivity contribution in [1.82, 2.24) is 4.72 Å². The van der Waals surface area contributed by atoms with E-state index in [0.29, 0.717) is 18.2 Å². The Bertz CT molecular complexity index is 506. The predicted molar refractivity (Wildman–Crippen MR) is 76.8 cm³/mol. The summed E-state index contributed by atoms with van der Waals surface area (Å²) in [6.07, 6.45) is 2.01. The summed E-state index contributed by atoms with van der Waals surface area (Å²) in [5, 5.41) is 0.328. The monoisotopic (exact) mass is 306 g/mol. The molecule has 0 aromatic heterocycles. The maximum Gasteiger partial charge on any atom is 0.242 e. The number of sulfonamides is 1. The van der Waals surface area contributed by atoms with Crippen LogP contribution < -0.4 is 10.5 Å². The Balaban J connectivity index is 2.54. The Morgan fingerprint density at radius 3 is 2.79 bits per heavy atom.